The standard InChI is InChI=1S/C28H30N4O2/c1-18(2)23-8-4-5-9-24(23)26-29-16-22-15-25(33)32(27(22)30-26)17-20-10-12-21(13-11-20)28(34)31-14-6-7-19(31)3/h4-5,8-13,16,18-19H,6-7,14-15,17H2,1-3H3/t19-/m1/s1. The molecule has 0 radical (unpaired) electrons. The zero-order chi connectivity index (χ0) is 23.8. The fourth-order valence-corrected chi connectivity index (χ4v) is 4.97. The number of hydrogen-bond donors (Lipinski definition) is 0. The van der Waals surface area contributed by atoms with Crippen molar-refractivity contribution in [3.8, 4) is 11.4 Å². The van der Waals surface area contributed by atoms with Gasteiger partial charge in [0.15, 0.2) is 5.82 Å². The topological polar surface area (TPSA) is 66.4 Å². The maximum absolute atomic E-state index is 12.8. The first-order chi connectivity index (χ1) is 16.4. The molecular formula is C28H30N4O2. The number of nitrogens with zero attached hydrogens (tertiary/aromatic N) is 4. The van der Waals surface area contributed by atoms with E-state index in [-0.39, 0.29) is 11.8 Å². The number of fused-ring (bicyclic) bond motifs is 1. The number of benzene rings is 2. The molecule has 1 saturated heterocycles. The van der Waals surface area contributed by atoms with Crippen LogP contribution in [-0.2, 0) is 17.8 Å². The van der Waals surface area contributed by atoms with Gasteiger partial charge in [-0.05, 0) is 48.9 Å². The summed E-state index contributed by atoms with van der Waals surface area (Å²) in [6, 6.07) is 16.1. The number of carbonyl (C=O) groups is 2. The lowest BCUT2D eigenvalue weighted by Crippen LogP contribution is -2.33. The second-order valence-corrected chi connectivity index (χ2v) is 9.63. The summed E-state index contributed by atoms with van der Waals surface area (Å²) in [4.78, 5) is 38.8. The van der Waals surface area contributed by atoms with Crippen molar-refractivity contribution >= 4 is 17.6 Å². The summed E-state index contributed by atoms with van der Waals surface area (Å²) in [5, 5.41) is 0. The molecule has 0 unspecified atom stereocenters. The van der Waals surface area contributed by atoms with E-state index in [0.29, 0.717) is 42.1 Å². The summed E-state index contributed by atoms with van der Waals surface area (Å²) in [5.74, 6) is 1.77. The SMILES string of the molecule is CC(C)c1ccccc1-c1ncc2c(n1)N(Cc1ccc(C(=O)N3CCC[C@H]3C)cc1)C(=O)C2. The Morgan fingerprint density at radius 1 is 1.12 bits per heavy atom. The third kappa shape index (κ3) is 4.09. The summed E-state index contributed by atoms with van der Waals surface area (Å²) in [7, 11) is 0. The van der Waals surface area contributed by atoms with E-state index >= 15 is 0 Å². The van der Waals surface area contributed by atoms with Crippen molar-refractivity contribution in [2.75, 3.05) is 11.4 Å². The van der Waals surface area contributed by atoms with Gasteiger partial charge < -0.3 is 4.90 Å². The molecule has 0 aliphatic carbocycles. The number of rotatable bonds is 5. The van der Waals surface area contributed by atoms with Gasteiger partial charge in [-0.2, -0.15) is 0 Å². The van der Waals surface area contributed by atoms with Gasteiger partial charge in [-0.1, -0.05) is 50.2 Å². The van der Waals surface area contributed by atoms with Crippen LogP contribution in [0.4, 0.5) is 5.82 Å². The first kappa shape index (κ1) is 22.3. The van der Waals surface area contributed by atoms with Crippen molar-refractivity contribution in [2.24, 2.45) is 0 Å². The molecule has 1 fully saturated rings. The fourth-order valence-electron chi connectivity index (χ4n) is 4.97. The summed E-state index contributed by atoms with van der Waals surface area (Å²) in [6.07, 6.45) is 4.22. The molecule has 0 spiro atoms. The Kier molecular flexibility index (Phi) is 5.90. The maximum Gasteiger partial charge on any atom is 0.254 e. The lowest BCUT2D eigenvalue weighted by molar-refractivity contribution is -0.117. The quantitative estimate of drug-likeness (QED) is 0.545. The molecule has 2 amide bonds. The highest BCUT2D eigenvalue weighted by Crippen LogP contribution is 2.32. The first-order valence-corrected chi connectivity index (χ1v) is 12.1. The molecule has 5 rings (SSSR count). The van der Waals surface area contributed by atoms with Crippen molar-refractivity contribution in [2.45, 2.75) is 58.5 Å². The molecule has 0 saturated carbocycles. The monoisotopic (exact) mass is 454 g/mol. The van der Waals surface area contributed by atoms with E-state index in [1.165, 1.54) is 5.56 Å². The third-order valence-electron chi connectivity index (χ3n) is 6.92. The zero-order valence-corrected chi connectivity index (χ0v) is 20.0. The minimum absolute atomic E-state index is 0.0182. The van der Waals surface area contributed by atoms with E-state index in [0.717, 1.165) is 36.1 Å². The number of anilines is 1. The smallest absolute Gasteiger partial charge is 0.254 e. The molecule has 2 aliphatic rings. The van der Waals surface area contributed by atoms with E-state index in [9.17, 15) is 9.59 Å². The van der Waals surface area contributed by atoms with Crippen molar-refractivity contribution in [3.05, 3.63) is 77.0 Å². The van der Waals surface area contributed by atoms with Gasteiger partial charge in [0, 0.05) is 35.5 Å². The Labute approximate surface area is 200 Å². The van der Waals surface area contributed by atoms with E-state index in [4.69, 9.17) is 4.98 Å². The molecule has 6 heteroatoms. The maximum atomic E-state index is 12.8. The van der Waals surface area contributed by atoms with Crippen LogP contribution in [0.3, 0.4) is 0 Å². The lowest BCUT2D eigenvalue weighted by Gasteiger charge is -2.22. The van der Waals surface area contributed by atoms with Gasteiger partial charge in [0.25, 0.3) is 5.91 Å². The molecule has 174 valence electrons. The molecule has 1 atom stereocenters. The molecule has 0 bridgehead atoms. The van der Waals surface area contributed by atoms with Gasteiger partial charge in [0.05, 0.1) is 13.0 Å². The van der Waals surface area contributed by atoms with Crippen LogP contribution >= 0.6 is 0 Å². The van der Waals surface area contributed by atoms with E-state index in [1.54, 1.807) is 11.1 Å². The van der Waals surface area contributed by atoms with Crippen LogP contribution in [-0.4, -0.2) is 39.3 Å². The Bertz CT molecular complexity index is 1240. The molecule has 1 aromatic heterocycles. The largest absolute Gasteiger partial charge is 0.336 e. The Morgan fingerprint density at radius 2 is 1.88 bits per heavy atom. The third-order valence-corrected chi connectivity index (χ3v) is 6.92. The predicted octanol–water partition coefficient (Wildman–Crippen LogP) is 4.98. The van der Waals surface area contributed by atoms with E-state index < -0.39 is 0 Å². The van der Waals surface area contributed by atoms with Crippen molar-refractivity contribution in [1.29, 1.82) is 0 Å². The fraction of sp³-hybridized carbons (Fsp3) is 0.357. The summed E-state index contributed by atoms with van der Waals surface area (Å²) >= 11 is 0. The van der Waals surface area contributed by atoms with Crippen LogP contribution in [0.1, 0.15) is 66.6 Å². The highest BCUT2D eigenvalue weighted by atomic mass is 16.2. The molecule has 6 nitrogen and oxygen atoms in total. The normalized spacial score (nSPS) is 17.5. The van der Waals surface area contributed by atoms with Crippen LogP contribution in [0.5, 0.6) is 0 Å². The van der Waals surface area contributed by atoms with Gasteiger partial charge in [-0.3, -0.25) is 14.5 Å². The van der Waals surface area contributed by atoms with Crippen molar-refractivity contribution in [3.63, 3.8) is 0 Å². The minimum atomic E-state index is 0.0182. The number of aromatic nitrogens is 2. The zero-order valence-electron chi connectivity index (χ0n) is 20.0. The highest BCUT2D eigenvalue weighted by Gasteiger charge is 2.30. The molecule has 2 aromatic carbocycles. The first-order valence-electron chi connectivity index (χ1n) is 12.1. The van der Waals surface area contributed by atoms with Crippen molar-refractivity contribution in [1.82, 2.24) is 14.9 Å². The van der Waals surface area contributed by atoms with Crippen LogP contribution in [0, 0.1) is 0 Å². The lowest BCUT2D eigenvalue weighted by atomic mass is 9.97. The molecule has 0 N–H and O–H groups in total. The summed E-state index contributed by atoms with van der Waals surface area (Å²) in [6.45, 7) is 7.65. The van der Waals surface area contributed by atoms with Gasteiger partial charge in [-0.25, -0.2) is 9.97 Å². The second-order valence-electron chi connectivity index (χ2n) is 9.63. The van der Waals surface area contributed by atoms with Crippen molar-refractivity contribution < 1.29 is 9.59 Å². The number of carbonyl (C=O) groups excluding carboxylic acids is 2. The van der Waals surface area contributed by atoms with Gasteiger partial charge >= 0.3 is 0 Å². The highest BCUT2D eigenvalue weighted by molar-refractivity contribution is 6.00. The molecule has 3 heterocycles. The molecule has 2 aliphatic heterocycles. The second kappa shape index (κ2) is 9.01. The van der Waals surface area contributed by atoms with E-state index in [1.807, 2.05) is 47.4 Å². The minimum Gasteiger partial charge on any atom is -0.336 e. The molecular weight excluding hydrogens is 424 g/mol. The molecule has 34 heavy (non-hydrogen) atoms. The number of amides is 2. The van der Waals surface area contributed by atoms with Gasteiger partial charge in [-0.15, -0.1) is 0 Å². The van der Waals surface area contributed by atoms with E-state index in [2.05, 4.69) is 31.8 Å². The Morgan fingerprint density at radius 3 is 2.59 bits per heavy atom. The van der Waals surface area contributed by atoms with Gasteiger partial charge in [0.1, 0.15) is 5.82 Å². The average Bonchev–Trinajstić information content (AvgIpc) is 3.41. The molecule has 3 aromatic rings. The summed E-state index contributed by atoms with van der Waals surface area (Å²) in [5.41, 5.74) is 4.70. The Balaban J connectivity index is 1.39. The van der Waals surface area contributed by atoms with Crippen LogP contribution in [0.15, 0.2) is 54.7 Å². The predicted molar refractivity (Wildman–Crippen MR) is 133 cm³/mol. The number of hydrogen-bond acceptors (Lipinski definition) is 4. The average molecular weight is 455 g/mol. The van der Waals surface area contributed by atoms with Crippen LogP contribution in [0.2, 0.25) is 0 Å². The van der Waals surface area contributed by atoms with Crippen LogP contribution in [0.25, 0.3) is 11.4 Å². The van der Waals surface area contributed by atoms with Gasteiger partial charge in [0.2, 0.25) is 5.91 Å². The Hall–Kier alpha value is -3.54. The van der Waals surface area contributed by atoms with Crippen LogP contribution < -0.4 is 4.90 Å². The summed E-state index contributed by atoms with van der Waals surface area (Å²) < 4.78 is 0. The number of likely N-dealkylation sites (tertiary alicyclic amines) is 1.